The molecule has 0 saturated heterocycles. The lowest BCUT2D eigenvalue weighted by atomic mass is 10.1. The van der Waals surface area contributed by atoms with Crippen molar-refractivity contribution in [2.75, 3.05) is 0 Å². The summed E-state index contributed by atoms with van der Waals surface area (Å²) in [6.07, 6.45) is 8.10. The van der Waals surface area contributed by atoms with E-state index in [1.54, 1.807) is 11.3 Å². The molecular weight excluding hydrogens is 226 g/mol. The van der Waals surface area contributed by atoms with Crippen LogP contribution in [0.2, 0.25) is 0 Å². The predicted molar refractivity (Wildman–Crippen MR) is 66.7 cm³/mol. The van der Waals surface area contributed by atoms with E-state index in [4.69, 9.17) is 11.6 Å². The number of hydrogen-bond acceptors (Lipinski definition) is 2. The maximum Gasteiger partial charge on any atom is 0.0968 e. The largest absolute Gasteiger partial charge is 0.246 e. The van der Waals surface area contributed by atoms with Crippen LogP contribution in [-0.4, -0.2) is 10.4 Å². The molecule has 0 saturated carbocycles. The first-order valence-electron chi connectivity index (χ1n) is 5.48. The second kappa shape index (κ2) is 5.13. The Kier molecular flexibility index (Phi) is 3.81. The topological polar surface area (TPSA) is 12.9 Å². The van der Waals surface area contributed by atoms with Crippen molar-refractivity contribution >= 4 is 22.9 Å². The van der Waals surface area contributed by atoms with Crippen molar-refractivity contribution in [1.29, 1.82) is 0 Å². The fourth-order valence-corrected chi connectivity index (χ4v) is 3.10. The second-order valence-electron chi connectivity index (χ2n) is 4.15. The molecule has 1 atom stereocenters. The molecular formula is C12H16ClNS. The molecule has 0 fully saturated rings. The van der Waals surface area contributed by atoms with Gasteiger partial charge in [-0.2, -0.15) is 0 Å². The smallest absolute Gasteiger partial charge is 0.0968 e. The quantitative estimate of drug-likeness (QED) is 0.561. The van der Waals surface area contributed by atoms with Crippen molar-refractivity contribution in [3.05, 3.63) is 27.7 Å². The average molecular weight is 242 g/mol. The third-order valence-electron chi connectivity index (χ3n) is 2.69. The molecule has 3 heteroatoms. The van der Waals surface area contributed by atoms with E-state index in [1.807, 2.05) is 6.92 Å². The summed E-state index contributed by atoms with van der Waals surface area (Å²) >= 11 is 7.95. The van der Waals surface area contributed by atoms with Gasteiger partial charge in [-0.1, -0.05) is 18.1 Å². The summed E-state index contributed by atoms with van der Waals surface area (Å²) in [6.45, 7) is 2.05. The van der Waals surface area contributed by atoms with E-state index in [0.29, 0.717) is 0 Å². The van der Waals surface area contributed by atoms with Gasteiger partial charge < -0.3 is 0 Å². The van der Waals surface area contributed by atoms with Crippen LogP contribution >= 0.6 is 22.9 Å². The van der Waals surface area contributed by atoms with Gasteiger partial charge in [-0.3, -0.25) is 0 Å². The lowest BCUT2D eigenvalue weighted by Gasteiger charge is -2.03. The Labute approximate surface area is 100 Å². The van der Waals surface area contributed by atoms with Crippen molar-refractivity contribution in [3.8, 4) is 0 Å². The van der Waals surface area contributed by atoms with Gasteiger partial charge in [0, 0.05) is 17.5 Å². The van der Waals surface area contributed by atoms with Crippen molar-refractivity contribution in [1.82, 2.24) is 4.98 Å². The van der Waals surface area contributed by atoms with Crippen LogP contribution < -0.4 is 0 Å². The Morgan fingerprint density at radius 1 is 1.53 bits per heavy atom. The number of allylic oxidation sites excluding steroid dienone is 2. The molecule has 0 N–H and O–H groups in total. The summed E-state index contributed by atoms with van der Waals surface area (Å²) in [5.74, 6) is 0. The minimum atomic E-state index is 0.239. The highest BCUT2D eigenvalue weighted by atomic mass is 35.5. The lowest BCUT2D eigenvalue weighted by molar-refractivity contribution is 0.709. The Balaban J connectivity index is 2.04. The highest BCUT2D eigenvalue weighted by molar-refractivity contribution is 7.09. The van der Waals surface area contributed by atoms with Gasteiger partial charge in [0.1, 0.15) is 0 Å². The number of hydrogen-bond donors (Lipinski definition) is 0. The van der Waals surface area contributed by atoms with Crippen molar-refractivity contribution in [2.45, 2.75) is 44.4 Å². The SMILES string of the molecule is Cc1csc(CC2=CC(Cl)CCCC2)n1. The van der Waals surface area contributed by atoms with E-state index < -0.39 is 0 Å². The molecule has 0 aromatic carbocycles. The van der Waals surface area contributed by atoms with E-state index in [2.05, 4.69) is 16.4 Å². The van der Waals surface area contributed by atoms with Crippen molar-refractivity contribution in [2.24, 2.45) is 0 Å². The first kappa shape index (κ1) is 11.2. The van der Waals surface area contributed by atoms with Crippen LogP contribution in [0.1, 0.15) is 36.4 Å². The summed E-state index contributed by atoms with van der Waals surface area (Å²) in [7, 11) is 0. The molecule has 15 heavy (non-hydrogen) atoms. The van der Waals surface area contributed by atoms with Gasteiger partial charge in [0.2, 0.25) is 0 Å². The second-order valence-corrected chi connectivity index (χ2v) is 5.65. The van der Waals surface area contributed by atoms with Gasteiger partial charge in [-0.25, -0.2) is 4.98 Å². The Bertz CT molecular complexity index is 356. The molecule has 1 aliphatic rings. The Morgan fingerprint density at radius 2 is 2.40 bits per heavy atom. The van der Waals surface area contributed by atoms with Crippen LogP contribution in [0.25, 0.3) is 0 Å². The summed E-state index contributed by atoms with van der Waals surface area (Å²) in [6, 6.07) is 0. The Hall–Kier alpha value is -0.340. The van der Waals surface area contributed by atoms with Gasteiger partial charge >= 0.3 is 0 Å². The molecule has 1 aromatic rings. The molecule has 82 valence electrons. The zero-order valence-electron chi connectivity index (χ0n) is 9.00. The molecule has 1 aromatic heterocycles. The number of thiazole rings is 1. The van der Waals surface area contributed by atoms with E-state index in [9.17, 15) is 0 Å². The maximum absolute atomic E-state index is 6.19. The third-order valence-corrected chi connectivity index (χ3v) is 4.00. The maximum atomic E-state index is 6.19. The first-order chi connectivity index (χ1) is 7.24. The monoisotopic (exact) mass is 241 g/mol. The van der Waals surface area contributed by atoms with E-state index in [0.717, 1.165) is 18.5 Å². The van der Waals surface area contributed by atoms with Crippen LogP contribution in [0.4, 0.5) is 0 Å². The number of nitrogens with zero attached hydrogens (tertiary/aromatic N) is 1. The highest BCUT2D eigenvalue weighted by Crippen LogP contribution is 2.24. The zero-order valence-corrected chi connectivity index (χ0v) is 10.6. The van der Waals surface area contributed by atoms with Gasteiger partial charge in [0.25, 0.3) is 0 Å². The third kappa shape index (κ3) is 3.32. The summed E-state index contributed by atoms with van der Waals surface area (Å²) in [4.78, 5) is 4.50. The molecule has 1 nitrogen and oxygen atoms in total. The number of alkyl halides is 1. The number of rotatable bonds is 2. The molecule has 0 spiro atoms. The minimum Gasteiger partial charge on any atom is -0.246 e. The lowest BCUT2D eigenvalue weighted by Crippen LogP contribution is -1.94. The van der Waals surface area contributed by atoms with Crippen LogP contribution in [-0.2, 0) is 6.42 Å². The molecule has 0 amide bonds. The van der Waals surface area contributed by atoms with Crippen molar-refractivity contribution in [3.63, 3.8) is 0 Å². The molecule has 1 heterocycles. The number of aromatic nitrogens is 1. The number of aryl methyl sites for hydroxylation is 1. The van der Waals surface area contributed by atoms with Crippen LogP contribution in [0.15, 0.2) is 17.0 Å². The van der Waals surface area contributed by atoms with Crippen LogP contribution in [0, 0.1) is 6.92 Å². The minimum absolute atomic E-state index is 0.239. The van der Waals surface area contributed by atoms with Gasteiger partial charge in [0.15, 0.2) is 0 Å². The van der Waals surface area contributed by atoms with Crippen LogP contribution in [0.5, 0.6) is 0 Å². The molecule has 0 bridgehead atoms. The zero-order chi connectivity index (χ0) is 10.7. The average Bonchev–Trinajstić information content (AvgIpc) is 2.46. The Morgan fingerprint density at radius 3 is 3.13 bits per heavy atom. The molecule has 2 rings (SSSR count). The molecule has 0 radical (unpaired) electrons. The standard InChI is InChI=1S/C12H16ClNS/c1-9-8-15-12(14-9)7-10-4-2-3-5-11(13)6-10/h6,8,11H,2-5,7H2,1H3. The molecule has 1 aliphatic carbocycles. The van der Waals surface area contributed by atoms with E-state index in [1.165, 1.54) is 29.8 Å². The molecule has 0 aliphatic heterocycles. The predicted octanol–water partition coefficient (Wildman–Crippen LogP) is 4.10. The molecule has 1 unspecified atom stereocenters. The fraction of sp³-hybridized carbons (Fsp3) is 0.583. The van der Waals surface area contributed by atoms with Gasteiger partial charge in [0.05, 0.1) is 10.4 Å². The highest BCUT2D eigenvalue weighted by Gasteiger charge is 2.11. The summed E-state index contributed by atoms with van der Waals surface area (Å²) < 4.78 is 0. The van der Waals surface area contributed by atoms with E-state index >= 15 is 0 Å². The summed E-state index contributed by atoms with van der Waals surface area (Å²) in [5, 5.41) is 3.58. The summed E-state index contributed by atoms with van der Waals surface area (Å²) in [5.41, 5.74) is 2.61. The van der Waals surface area contributed by atoms with E-state index in [-0.39, 0.29) is 5.38 Å². The van der Waals surface area contributed by atoms with Gasteiger partial charge in [-0.05, 0) is 26.2 Å². The van der Waals surface area contributed by atoms with Gasteiger partial charge in [-0.15, -0.1) is 22.9 Å². The fourth-order valence-electron chi connectivity index (χ4n) is 1.94. The number of halogens is 1. The van der Waals surface area contributed by atoms with Crippen LogP contribution in [0.3, 0.4) is 0 Å². The first-order valence-corrected chi connectivity index (χ1v) is 6.80. The van der Waals surface area contributed by atoms with Crippen molar-refractivity contribution < 1.29 is 0 Å². The normalized spacial score (nSPS) is 22.3.